The minimum absolute atomic E-state index is 0.00705. The van der Waals surface area contributed by atoms with Crippen LogP contribution in [0.5, 0.6) is 11.5 Å². The topological polar surface area (TPSA) is 68.1 Å². The lowest BCUT2D eigenvalue weighted by Gasteiger charge is -2.20. The van der Waals surface area contributed by atoms with Gasteiger partial charge in [-0.15, -0.1) is 0 Å². The van der Waals surface area contributed by atoms with E-state index in [1.54, 1.807) is 6.07 Å². The molecule has 4 rings (SSSR count). The third-order valence-electron chi connectivity index (χ3n) is 7.90. The molecule has 5 nitrogen and oxygen atoms in total. The largest absolute Gasteiger partial charge is 0.507 e. The maximum atomic E-state index is 10.9. The molecular formula is C37H45N3O2. The number of phenolic OH excluding ortho intramolecular Hbond substituents is 1. The van der Waals surface area contributed by atoms with Crippen LogP contribution in [0.15, 0.2) is 91.1 Å². The van der Waals surface area contributed by atoms with Gasteiger partial charge in [0.25, 0.3) is 0 Å². The molecule has 0 bridgehead atoms. The van der Waals surface area contributed by atoms with E-state index < -0.39 is 0 Å². The Bertz CT molecular complexity index is 1420. The highest BCUT2D eigenvalue weighted by molar-refractivity contribution is 5.66. The van der Waals surface area contributed by atoms with Crippen molar-refractivity contribution in [2.75, 3.05) is 0 Å². The second-order valence-corrected chi connectivity index (χ2v) is 11.6. The van der Waals surface area contributed by atoms with Gasteiger partial charge in [0.2, 0.25) is 0 Å². The maximum absolute atomic E-state index is 10.9. The fourth-order valence-electron chi connectivity index (χ4n) is 5.46. The van der Waals surface area contributed by atoms with Gasteiger partial charge in [0.05, 0.1) is 11.7 Å². The summed E-state index contributed by atoms with van der Waals surface area (Å²) in [4.78, 5) is 14.5. The smallest absolute Gasteiger partial charge is 0.167 e. The molecule has 3 aromatic rings. The number of aromatic nitrogens is 3. The van der Waals surface area contributed by atoms with E-state index in [-0.39, 0.29) is 23.7 Å². The molecule has 220 valence electrons. The molecule has 4 atom stereocenters. The summed E-state index contributed by atoms with van der Waals surface area (Å²) >= 11 is 0. The number of phenols is 1. The zero-order valence-corrected chi connectivity index (χ0v) is 25.7. The fourth-order valence-corrected chi connectivity index (χ4v) is 5.46. The van der Waals surface area contributed by atoms with Crippen LogP contribution in [-0.4, -0.2) is 26.2 Å². The fraction of sp³-hybridized carbons (Fsp3) is 0.378. The summed E-state index contributed by atoms with van der Waals surface area (Å²) in [6.07, 6.45) is 17.2. The zero-order chi connectivity index (χ0) is 30.1. The van der Waals surface area contributed by atoms with Crippen molar-refractivity contribution in [3.05, 3.63) is 108 Å². The zero-order valence-electron chi connectivity index (χ0n) is 25.7. The van der Waals surface area contributed by atoms with Crippen LogP contribution in [-0.2, 0) is 0 Å². The summed E-state index contributed by atoms with van der Waals surface area (Å²) in [7, 11) is 0. The average molecular weight is 564 g/mol. The van der Waals surface area contributed by atoms with Crippen LogP contribution in [0.4, 0.5) is 0 Å². The number of ether oxygens (including phenoxy) is 1. The number of allylic oxidation sites excluding steroid dienone is 6. The van der Waals surface area contributed by atoms with Crippen molar-refractivity contribution in [1.82, 2.24) is 15.0 Å². The predicted molar refractivity (Wildman–Crippen MR) is 174 cm³/mol. The lowest BCUT2D eigenvalue weighted by atomic mass is 9.85. The first-order valence-corrected chi connectivity index (χ1v) is 15.3. The molecule has 0 saturated heterocycles. The number of rotatable bonds is 12. The number of nitrogens with zero attached hydrogens (tertiary/aromatic N) is 3. The average Bonchev–Trinajstić information content (AvgIpc) is 2.99. The molecule has 5 heteroatoms. The van der Waals surface area contributed by atoms with Crippen LogP contribution in [0.25, 0.3) is 17.5 Å². The van der Waals surface area contributed by atoms with E-state index in [1.165, 1.54) is 5.56 Å². The normalized spacial score (nSPS) is 17.5. The number of aromatic hydroxyl groups is 1. The van der Waals surface area contributed by atoms with Gasteiger partial charge in [0.15, 0.2) is 11.6 Å². The first-order chi connectivity index (χ1) is 20.2. The van der Waals surface area contributed by atoms with E-state index in [0.29, 0.717) is 40.6 Å². The number of benzene rings is 2. The lowest BCUT2D eigenvalue weighted by molar-refractivity contribution is 0.241. The molecule has 0 saturated carbocycles. The minimum atomic E-state index is -0.0643. The summed E-state index contributed by atoms with van der Waals surface area (Å²) in [5, 5.41) is 10.9. The molecule has 0 amide bonds. The molecule has 1 N–H and O–H groups in total. The van der Waals surface area contributed by atoms with Crippen molar-refractivity contribution in [2.24, 2.45) is 11.8 Å². The summed E-state index contributed by atoms with van der Waals surface area (Å²) in [6, 6.07) is 15.9. The van der Waals surface area contributed by atoms with E-state index >= 15 is 0 Å². The molecule has 42 heavy (non-hydrogen) atoms. The molecule has 2 aromatic carbocycles. The lowest BCUT2D eigenvalue weighted by Crippen LogP contribution is -2.08. The third-order valence-corrected chi connectivity index (χ3v) is 7.90. The molecule has 0 radical (unpaired) electrons. The van der Waals surface area contributed by atoms with Crippen molar-refractivity contribution < 1.29 is 9.84 Å². The molecule has 1 heterocycles. The molecule has 4 unspecified atom stereocenters. The van der Waals surface area contributed by atoms with Gasteiger partial charge in [-0.1, -0.05) is 93.6 Å². The van der Waals surface area contributed by atoms with Crippen molar-refractivity contribution >= 4 is 6.08 Å². The second kappa shape index (κ2) is 14.8. The number of hydrogen-bond acceptors (Lipinski definition) is 5. The summed E-state index contributed by atoms with van der Waals surface area (Å²) in [5.74, 6) is 3.43. The van der Waals surface area contributed by atoms with Gasteiger partial charge >= 0.3 is 0 Å². The van der Waals surface area contributed by atoms with Gasteiger partial charge in [0.1, 0.15) is 17.3 Å². The van der Waals surface area contributed by atoms with E-state index in [1.807, 2.05) is 32.1 Å². The van der Waals surface area contributed by atoms with Gasteiger partial charge in [-0.05, 0) is 81.1 Å². The van der Waals surface area contributed by atoms with Crippen molar-refractivity contribution in [2.45, 2.75) is 78.2 Å². The Morgan fingerprint density at radius 1 is 1.02 bits per heavy atom. The van der Waals surface area contributed by atoms with Crippen molar-refractivity contribution in [3.63, 3.8) is 0 Å². The molecule has 0 aliphatic heterocycles. The van der Waals surface area contributed by atoms with E-state index in [0.717, 1.165) is 31.3 Å². The van der Waals surface area contributed by atoms with Gasteiger partial charge in [-0.2, -0.15) is 0 Å². The van der Waals surface area contributed by atoms with E-state index in [4.69, 9.17) is 19.7 Å². The Balaban J connectivity index is 1.65. The molecule has 0 spiro atoms. The standard InChI is InChI=1S/C37H45N3O2/c1-7-32(30-16-12-9-13-17-30)27(5)20-23-35-38-36(28(6)19-18-26(4)29-14-10-8-11-15-29)40-37(39-35)33-22-21-31(24-34(33)41)42-25(2)3/h8-10,12-13,16-25,27-29,32,41H,4,7,11,14-15H2,1-3,5-6H3. The van der Waals surface area contributed by atoms with Gasteiger partial charge in [-0.3, -0.25) is 0 Å². The monoisotopic (exact) mass is 563 g/mol. The molecule has 0 fully saturated rings. The highest BCUT2D eigenvalue weighted by atomic mass is 16.5. The van der Waals surface area contributed by atoms with Crippen molar-refractivity contribution in [3.8, 4) is 22.9 Å². The van der Waals surface area contributed by atoms with E-state index in [9.17, 15) is 5.11 Å². The predicted octanol–water partition coefficient (Wildman–Crippen LogP) is 9.45. The molecule has 1 aliphatic carbocycles. The summed E-state index contributed by atoms with van der Waals surface area (Å²) < 4.78 is 5.76. The Labute approximate surface area is 251 Å². The quantitative estimate of drug-likeness (QED) is 0.176. The molecular weight excluding hydrogens is 518 g/mol. The molecule has 1 aromatic heterocycles. The van der Waals surface area contributed by atoms with Gasteiger partial charge < -0.3 is 9.84 Å². The van der Waals surface area contributed by atoms with E-state index in [2.05, 4.69) is 88.1 Å². The maximum Gasteiger partial charge on any atom is 0.167 e. The molecule has 1 aliphatic rings. The van der Waals surface area contributed by atoms with Crippen LogP contribution in [0.3, 0.4) is 0 Å². The Morgan fingerprint density at radius 2 is 1.81 bits per heavy atom. The van der Waals surface area contributed by atoms with Crippen LogP contribution in [0, 0.1) is 11.8 Å². The first kappa shape index (κ1) is 31.0. The first-order valence-electron chi connectivity index (χ1n) is 15.3. The van der Waals surface area contributed by atoms with Crippen LogP contribution in [0.2, 0.25) is 0 Å². The Kier molecular flexibility index (Phi) is 10.9. The summed E-state index contributed by atoms with van der Waals surface area (Å²) in [5.41, 5.74) is 3.01. The Hall–Kier alpha value is -3.99. The van der Waals surface area contributed by atoms with Crippen LogP contribution < -0.4 is 4.74 Å². The van der Waals surface area contributed by atoms with Crippen LogP contribution >= 0.6 is 0 Å². The minimum Gasteiger partial charge on any atom is -0.507 e. The second-order valence-electron chi connectivity index (χ2n) is 11.6. The highest BCUT2D eigenvalue weighted by Crippen LogP contribution is 2.33. The third kappa shape index (κ3) is 8.28. The SMILES string of the molecule is C=C(C=CC(C)c1nc(C=CC(C)C(CC)c2ccccc2)nc(-c2ccc(OC(C)C)cc2O)n1)C1CC=CCC1. The highest BCUT2D eigenvalue weighted by Gasteiger charge is 2.18. The van der Waals surface area contributed by atoms with Crippen LogP contribution in [0.1, 0.15) is 89.4 Å². The summed E-state index contributed by atoms with van der Waals surface area (Å²) in [6.45, 7) is 14.8. The Morgan fingerprint density at radius 3 is 2.48 bits per heavy atom. The number of hydrogen-bond donors (Lipinski definition) is 1. The van der Waals surface area contributed by atoms with Gasteiger partial charge in [-0.25, -0.2) is 15.0 Å². The van der Waals surface area contributed by atoms with Gasteiger partial charge in [0, 0.05) is 12.0 Å². The van der Waals surface area contributed by atoms with Crippen molar-refractivity contribution in [1.29, 1.82) is 0 Å².